The minimum Gasteiger partial charge on any atom is -0.456 e. The number of nitrogens with one attached hydrogen (secondary N) is 2. The Labute approximate surface area is 163 Å². The van der Waals surface area contributed by atoms with E-state index in [0.29, 0.717) is 21.4 Å². The van der Waals surface area contributed by atoms with Crippen LogP contribution in [0.4, 0.5) is 0 Å². The molecule has 0 amide bonds. The van der Waals surface area contributed by atoms with Gasteiger partial charge in [-0.15, -0.1) is 0 Å². The van der Waals surface area contributed by atoms with E-state index in [2.05, 4.69) is 20.0 Å². The smallest absolute Gasteiger partial charge is 0.266 e. The molecule has 2 aliphatic heterocycles. The maximum Gasteiger partial charge on any atom is 0.266 e. The van der Waals surface area contributed by atoms with Gasteiger partial charge in [0.25, 0.3) is 11.3 Å². The van der Waals surface area contributed by atoms with Crippen LogP contribution in [0.2, 0.25) is 0 Å². The zero-order valence-corrected chi connectivity index (χ0v) is 15.1. The summed E-state index contributed by atoms with van der Waals surface area (Å²) in [5.74, 6) is -0.0958. The molecule has 9 heteroatoms. The lowest BCUT2D eigenvalue weighted by Gasteiger charge is -2.21. The second kappa shape index (κ2) is 5.68. The van der Waals surface area contributed by atoms with Gasteiger partial charge in [0, 0.05) is 0 Å². The van der Waals surface area contributed by atoms with Gasteiger partial charge in [-0.05, 0) is 36.4 Å². The first-order chi connectivity index (χ1) is 13.9. The summed E-state index contributed by atoms with van der Waals surface area (Å²) in [6.45, 7) is 0. The molecule has 0 atom stereocenters. The molecule has 0 radical (unpaired) electrons. The van der Waals surface area contributed by atoms with Crippen LogP contribution in [0, 0.1) is 10.8 Å². The summed E-state index contributed by atoms with van der Waals surface area (Å²) < 4.78 is 6.03. The maximum absolute atomic E-state index is 8.13. The molecule has 2 aromatic carbocycles. The molecule has 0 fully saturated rings. The third kappa shape index (κ3) is 2.27. The van der Waals surface area contributed by atoms with Crippen molar-refractivity contribution in [3.63, 3.8) is 0 Å². The lowest BCUT2D eigenvalue weighted by Crippen LogP contribution is -2.38. The van der Waals surface area contributed by atoms with Gasteiger partial charge in [-0.3, -0.25) is 10.8 Å². The predicted octanol–water partition coefficient (Wildman–Crippen LogP) is -0.637. The SMILES string of the molecule is N=C(N)C1(c2ccc(C3(C(=N)N)N=c4ccccc4=N3)o2)N=c2ccccc2=N1. The van der Waals surface area contributed by atoms with Crippen LogP contribution >= 0.6 is 0 Å². The molecular weight excluding hydrogens is 368 g/mol. The zero-order valence-electron chi connectivity index (χ0n) is 15.1. The quantitative estimate of drug-likeness (QED) is 0.348. The molecule has 0 aliphatic carbocycles. The van der Waals surface area contributed by atoms with Crippen molar-refractivity contribution in [3.8, 4) is 0 Å². The molecule has 0 spiro atoms. The molecule has 3 heterocycles. The van der Waals surface area contributed by atoms with Crippen LogP contribution in [0.1, 0.15) is 11.5 Å². The Hall–Kier alpha value is -4.14. The van der Waals surface area contributed by atoms with E-state index in [0.717, 1.165) is 0 Å². The number of hydrogen-bond acceptors (Lipinski definition) is 7. The van der Waals surface area contributed by atoms with Crippen LogP contribution in [0.25, 0.3) is 0 Å². The maximum atomic E-state index is 8.13. The lowest BCUT2D eigenvalue weighted by molar-refractivity contribution is 0.365. The fourth-order valence-corrected chi connectivity index (χ4v) is 3.49. The first kappa shape index (κ1) is 17.0. The highest BCUT2D eigenvalue weighted by Gasteiger charge is 2.45. The Morgan fingerprint density at radius 1 is 0.621 bits per heavy atom. The molecule has 0 bridgehead atoms. The number of amidine groups is 2. The van der Waals surface area contributed by atoms with E-state index in [1.807, 2.05) is 24.3 Å². The monoisotopic (exact) mass is 384 g/mol. The minimum atomic E-state index is -1.51. The van der Waals surface area contributed by atoms with Gasteiger partial charge in [-0.2, -0.15) is 0 Å². The van der Waals surface area contributed by atoms with Crippen LogP contribution in [0.5, 0.6) is 0 Å². The number of nitrogens with zero attached hydrogens (tertiary/aromatic N) is 4. The van der Waals surface area contributed by atoms with Crippen molar-refractivity contribution in [2.24, 2.45) is 31.4 Å². The zero-order chi connectivity index (χ0) is 20.2. The van der Waals surface area contributed by atoms with Gasteiger partial charge in [0.15, 0.2) is 23.2 Å². The van der Waals surface area contributed by atoms with Crippen molar-refractivity contribution in [2.45, 2.75) is 11.3 Å². The number of rotatable bonds is 4. The molecule has 0 saturated heterocycles. The molecule has 1 aromatic heterocycles. The molecule has 142 valence electrons. The van der Waals surface area contributed by atoms with Gasteiger partial charge in [0.05, 0.1) is 21.4 Å². The highest BCUT2D eigenvalue weighted by molar-refractivity contribution is 5.89. The van der Waals surface area contributed by atoms with E-state index in [4.69, 9.17) is 26.7 Å². The van der Waals surface area contributed by atoms with E-state index in [1.165, 1.54) is 0 Å². The molecular formula is C20H16N8O. The van der Waals surface area contributed by atoms with E-state index in [1.54, 1.807) is 36.4 Å². The first-order valence-corrected chi connectivity index (χ1v) is 8.84. The van der Waals surface area contributed by atoms with Gasteiger partial charge in [-0.25, -0.2) is 20.0 Å². The Bertz CT molecular complexity index is 1260. The predicted molar refractivity (Wildman–Crippen MR) is 103 cm³/mol. The van der Waals surface area contributed by atoms with Crippen molar-refractivity contribution in [1.29, 1.82) is 10.8 Å². The molecule has 3 aromatic rings. The van der Waals surface area contributed by atoms with Gasteiger partial charge in [0.2, 0.25) is 0 Å². The first-order valence-electron chi connectivity index (χ1n) is 8.84. The second-order valence-corrected chi connectivity index (χ2v) is 6.76. The molecule has 29 heavy (non-hydrogen) atoms. The minimum absolute atomic E-state index is 0.234. The Morgan fingerprint density at radius 2 is 0.931 bits per heavy atom. The van der Waals surface area contributed by atoms with E-state index in [9.17, 15) is 0 Å². The van der Waals surface area contributed by atoms with Gasteiger partial charge in [0.1, 0.15) is 0 Å². The summed E-state index contributed by atoms with van der Waals surface area (Å²) in [6.07, 6.45) is 0. The largest absolute Gasteiger partial charge is 0.456 e. The third-order valence-electron chi connectivity index (χ3n) is 4.94. The normalized spacial score (nSPS) is 17.1. The summed E-state index contributed by atoms with van der Waals surface area (Å²) in [5.41, 5.74) is 8.76. The molecule has 5 rings (SSSR count). The van der Waals surface area contributed by atoms with Crippen LogP contribution in [0.3, 0.4) is 0 Å². The van der Waals surface area contributed by atoms with Crippen molar-refractivity contribution in [3.05, 3.63) is 93.6 Å². The number of para-hydroxylation sites is 4. The third-order valence-corrected chi connectivity index (χ3v) is 4.94. The van der Waals surface area contributed by atoms with Crippen molar-refractivity contribution in [1.82, 2.24) is 0 Å². The fourth-order valence-electron chi connectivity index (χ4n) is 3.49. The summed E-state index contributed by atoms with van der Waals surface area (Å²) >= 11 is 0. The highest BCUT2D eigenvalue weighted by Crippen LogP contribution is 2.35. The second-order valence-electron chi connectivity index (χ2n) is 6.76. The molecule has 0 saturated carbocycles. The van der Waals surface area contributed by atoms with Gasteiger partial charge >= 0.3 is 0 Å². The van der Waals surface area contributed by atoms with E-state index in [-0.39, 0.29) is 23.2 Å². The lowest BCUT2D eigenvalue weighted by atomic mass is 10.1. The highest BCUT2D eigenvalue weighted by atomic mass is 16.3. The number of benzene rings is 2. The topological polar surface area (TPSA) is 162 Å². The van der Waals surface area contributed by atoms with Crippen LogP contribution in [-0.4, -0.2) is 11.7 Å². The van der Waals surface area contributed by atoms with Gasteiger partial charge < -0.3 is 15.9 Å². The standard InChI is InChI=1S/C20H16N8O/c21-17(22)19(25-11-5-1-2-6-12(11)26-19)15-9-10-16(29-15)20(18(23)24)27-13-7-3-4-8-14(13)28-20/h1-10H,(H3,21,22)(H3,23,24). The van der Waals surface area contributed by atoms with Crippen LogP contribution in [-0.2, 0) is 11.3 Å². The summed E-state index contributed by atoms with van der Waals surface area (Å²) in [6, 6.07) is 17.7. The molecule has 2 aliphatic rings. The number of furan rings is 1. The number of hydrogen-bond donors (Lipinski definition) is 4. The average molecular weight is 384 g/mol. The van der Waals surface area contributed by atoms with E-state index < -0.39 is 11.3 Å². The molecule has 6 N–H and O–H groups in total. The number of fused-ring (bicyclic) bond motifs is 2. The van der Waals surface area contributed by atoms with Crippen LogP contribution < -0.4 is 32.9 Å². The van der Waals surface area contributed by atoms with Crippen LogP contribution in [0.15, 0.2) is 85.1 Å². The number of nitrogens with two attached hydrogens (primary N) is 2. The summed E-state index contributed by atoms with van der Waals surface area (Å²) in [7, 11) is 0. The summed E-state index contributed by atoms with van der Waals surface area (Å²) in [4.78, 5) is 18.2. The fraction of sp³-hybridized carbons (Fsp3) is 0.100. The van der Waals surface area contributed by atoms with Crippen molar-refractivity contribution < 1.29 is 4.42 Å². The molecule has 0 unspecified atom stereocenters. The summed E-state index contributed by atoms with van der Waals surface area (Å²) in [5, 5.41) is 18.7. The van der Waals surface area contributed by atoms with Gasteiger partial charge in [-0.1, -0.05) is 24.3 Å². The Morgan fingerprint density at radius 3 is 1.21 bits per heavy atom. The molecule has 9 nitrogen and oxygen atoms in total. The Kier molecular flexibility index (Phi) is 3.33. The van der Waals surface area contributed by atoms with Crippen molar-refractivity contribution in [2.75, 3.05) is 0 Å². The van der Waals surface area contributed by atoms with Crippen molar-refractivity contribution >= 4 is 11.7 Å². The Balaban J connectivity index is 1.70. The van der Waals surface area contributed by atoms with E-state index >= 15 is 0 Å². The average Bonchev–Trinajstić information content (AvgIpc) is 3.42.